The zero-order valence-electron chi connectivity index (χ0n) is 15.7. The van der Waals surface area contributed by atoms with E-state index in [2.05, 4.69) is 0 Å². The Labute approximate surface area is 177 Å². The SMILES string of the molecule is O=C1C[C@@H]([C@@]2(c3ccccc3)C(=O)Oc3ccccc32)C(=O)N1c1ccc(Cl)cc1. The summed E-state index contributed by atoms with van der Waals surface area (Å²) in [5.41, 5.74) is 0.278. The fourth-order valence-corrected chi connectivity index (χ4v) is 4.63. The van der Waals surface area contributed by atoms with E-state index in [1.165, 1.54) is 0 Å². The number of anilines is 1. The highest BCUT2D eigenvalue weighted by Crippen LogP contribution is 2.52. The van der Waals surface area contributed by atoms with E-state index in [-0.39, 0.29) is 12.3 Å². The van der Waals surface area contributed by atoms with Gasteiger partial charge in [0.05, 0.1) is 11.6 Å². The molecule has 3 aromatic carbocycles. The van der Waals surface area contributed by atoms with Gasteiger partial charge in [0.1, 0.15) is 11.2 Å². The molecule has 0 saturated carbocycles. The van der Waals surface area contributed by atoms with Crippen molar-refractivity contribution < 1.29 is 19.1 Å². The van der Waals surface area contributed by atoms with Crippen molar-refractivity contribution in [1.82, 2.24) is 0 Å². The number of imide groups is 1. The molecule has 2 aliphatic rings. The number of hydrogen-bond donors (Lipinski definition) is 0. The Bertz CT molecular complexity index is 1180. The van der Waals surface area contributed by atoms with E-state index in [4.69, 9.17) is 16.3 Å². The van der Waals surface area contributed by atoms with Crippen LogP contribution >= 0.6 is 11.6 Å². The number of nitrogens with zero attached hydrogens (tertiary/aromatic N) is 1. The minimum Gasteiger partial charge on any atom is -0.425 e. The van der Waals surface area contributed by atoms with E-state index in [0.717, 1.165) is 4.90 Å². The first-order valence-corrected chi connectivity index (χ1v) is 9.91. The van der Waals surface area contributed by atoms with Gasteiger partial charge < -0.3 is 4.74 Å². The maximum atomic E-state index is 13.6. The van der Waals surface area contributed by atoms with Crippen LogP contribution in [-0.2, 0) is 19.8 Å². The minimum absolute atomic E-state index is 0.0974. The second-order valence-corrected chi connectivity index (χ2v) is 7.80. The van der Waals surface area contributed by atoms with Crippen LogP contribution in [0.3, 0.4) is 0 Å². The molecule has 30 heavy (non-hydrogen) atoms. The lowest BCUT2D eigenvalue weighted by Gasteiger charge is -2.31. The molecule has 2 amide bonds. The standard InChI is InChI=1S/C24H16ClNO4/c25-16-10-12-17(13-11-16)26-21(27)14-19(22(26)28)24(15-6-2-1-3-7-15)18-8-4-5-9-20(18)30-23(24)29/h1-13,19H,14H2/t19-,24+/m1/s1. The third kappa shape index (κ3) is 2.52. The van der Waals surface area contributed by atoms with E-state index in [1.807, 2.05) is 18.2 Å². The van der Waals surface area contributed by atoms with Crippen molar-refractivity contribution in [2.45, 2.75) is 11.8 Å². The number of carbonyl (C=O) groups excluding carboxylic acids is 3. The summed E-state index contributed by atoms with van der Waals surface area (Å²) in [5, 5.41) is 0.503. The normalized spacial score (nSPS) is 22.9. The summed E-state index contributed by atoms with van der Waals surface area (Å²) in [6.45, 7) is 0. The predicted molar refractivity (Wildman–Crippen MR) is 111 cm³/mol. The smallest absolute Gasteiger partial charge is 0.327 e. The van der Waals surface area contributed by atoms with Gasteiger partial charge in [0, 0.05) is 17.0 Å². The van der Waals surface area contributed by atoms with Crippen LogP contribution in [0.15, 0.2) is 78.9 Å². The second-order valence-electron chi connectivity index (χ2n) is 7.36. The lowest BCUT2D eigenvalue weighted by Crippen LogP contribution is -2.46. The van der Waals surface area contributed by atoms with E-state index in [0.29, 0.717) is 27.6 Å². The number of para-hydroxylation sites is 1. The molecule has 1 fully saturated rings. The fourth-order valence-electron chi connectivity index (χ4n) is 4.51. The number of halogens is 1. The number of carbonyl (C=O) groups is 3. The van der Waals surface area contributed by atoms with Gasteiger partial charge >= 0.3 is 5.97 Å². The Hall–Kier alpha value is -3.44. The summed E-state index contributed by atoms with van der Waals surface area (Å²) >= 11 is 5.95. The zero-order chi connectivity index (χ0) is 20.9. The highest BCUT2D eigenvalue weighted by molar-refractivity contribution is 6.31. The van der Waals surface area contributed by atoms with Gasteiger partial charge in [-0.25, -0.2) is 0 Å². The van der Waals surface area contributed by atoms with Crippen molar-refractivity contribution in [3.63, 3.8) is 0 Å². The summed E-state index contributed by atoms with van der Waals surface area (Å²) in [5.74, 6) is -1.84. The fraction of sp³-hybridized carbons (Fsp3) is 0.125. The Morgan fingerprint density at radius 3 is 2.27 bits per heavy atom. The summed E-state index contributed by atoms with van der Waals surface area (Å²) in [7, 11) is 0. The van der Waals surface area contributed by atoms with E-state index < -0.39 is 23.2 Å². The maximum Gasteiger partial charge on any atom is 0.327 e. The molecule has 3 aromatic rings. The third-order valence-corrected chi connectivity index (χ3v) is 6.07. The van der Waals surface area contributed by atoms with Crippen LogP contribution in [0.4, 0.5) is 5.69 Å². The Balaban J connectivity index is 1.69. The van der Waals surface area contributed by atoms with Gasteiger partial charge in [-0.3, -0.25) is 19.3 Å². The first kappa shape index (κ1) is 18.6. The van der Waals surface area contributed by atoms with Gasteiger partial charge in [0.25, 0.3) is 0 Å². The topological polar surface area (TPSA) is 63.7 Å². The quantitative estimate of drug-likeness (QED) is 0.365. The van der Waals surface area contributed by atoms with Crippen LogP contribution in [0.2, 0.25) is 5.02 Å². The van der Waals surface area contributed by atoms with Crippen LogP contribution in [0.1, 0.15) is 17.5 Å². The van der Waals surface area contributed by atoms with Gasteiger partial charge in [-0.05, 0) is 35.9 Å². The molecule has 1 saturated heterocycles. The molecular weight excluding hydrogens is 402 g/mol. The van der Waals surface area contributed by atoms with Crippen LogP contribution in [-0.4, -0.2) is 17.8 Å². The van der Waals surface area contributed by atoms with Crippen molar-refractivity contribution in [1.29, 1.82) is 0 Å². The minimum atomic E-state index is -1.38. The van der Waals surface area contributed by atoms with Crippen molar-refractivity contribution in [3.05, 3.63) is 95.0 Å². The van der Waals surface area contributed by atoms with Crippen molar-refractivity contribution in [3.8, 4) is 5.75 Å². The molecule has 0 N–H and O–H groups in total. The van der Waals surface area contributed by atoms with Gasteiger partial charge in [0.15, 0.2) is 0 Å². The molecule has 0 radical (unpaired) electrons. The molecular formula is C24H16ClNO4. The van der Waals surface area contributed by atoms with Crippen LogP contribution in [0.25, 0.3) is 0 Å². The molecule has 0 unspecified atom stereocenters. The molecule has 0 aliphatic carbocycles. The molecule has 0 aromatic heterocycles. The number of amides is 2. The van der Waals surface area contributed by atoms with Gasteiger partial charge in [-0.2, -0.15) is 0 Å². The Kier molecular flexibility index (Phi) is 4.22. The summed E-state index contributed by atoms with van der Waals surface area (Å²) in [6.07, 6.45) is -0.0974. The summed E-state index contributed by atoms with van der Waals surface area (Å²) in [4.78, 5) is 41.0. The van der Waals surface area contributed by atoms with Gasteiger partial charge in [-0.15, -0.1) is 0 Å². The Morgan fingerprint density at radius 1 is 0.867 bits per heavy atom. The van der Waals surface area contributed by atoms with Crippen LogP contribution in [0.5, 0.6) is 5.75 Å². The average molecular weight is 418 g/mol. The summed E-state index contributed by atoms with van der Waals surface area (Å²) in [6, 6.07) is 22.6. The highest BCUT2D eigenvalue weighted by Gasteiger charge is 2.62. The van der Waals surface area contributed by atoms with Crippen molar-refractivity contribution >= 4 is 35.1 Å². The zero-order valence-corrected chi connectivity index (χ0v) is 16.5. The van der Waals surface area contributed by atoms with Crippen molar-refractivity contribution in [2.24, 2.45) is 5.92 Å². The number of fused-ring (bicyclic) bond motifs is 1. The second kappa shape index (κ2) is 6.82. The lowest BCUT2D eigenvalue weighted by atomic mass is 9.66. The van der Waals surface area contributed by atoms with Gasteiger partial charge in [0.2, 0.25) is 11.8 Å². The number of ether oxygens (including phenoxy) is 1. The molecule has 148 valence electrons. The van der Waals surface area contributed by atoms with Crippen LogP contribution < -0.4 is 9.64 Å². The molecule has 5 rings (SSSR count). The molecule has 2 aliphatic heterocycles. The lowest BCUT2D eigenvalue weighted by molar-refractivity contribution is -0.141. The number of hydrogen-bond acceptors (Lipinski definition) is 4. The largest absolute Gasteiger partial charge is 0.425 e. The molecule has 0 spiro atoms. The number of esters is 1. The molecule has 0 bridgehead atoms. The third-order valence-electron chi connectivity index (χ3n) is 5.82. The molecule has 6 heteroatoms. The summed E-state index contributed by atoms with van der Waals surface area (Å²) < 4.78 is 5.59. The van der Waals surface area contributed by atoms with Gasteiger partial charge in [-0.1, -0.05) is 60.1 Å². The molecule has 2 heterocycles. The first-order chi connectivity index (χ1) is 14.5. The molecule has 2 atom stereocenters. The van der Waals surface area contributed by atoms with Crippen LogP contribution in [0, 0.1) is 5.92 Å². The first-order valence-electron chi connectivity index (χ1n) is 9.53. The number of rotatable bonds is 3. The predicted octanol–water partition coefficient (Wildman–Crippen LogP) is 4.12. The maximum absolute atomic E-state index is 13.6. The van der Waals surface area contributed by atoms with E-state index in [9.17, 15) is 14.4 Å². The number of benzene rings is 3. The van der Waals surface area contributed by atoms with E-state index in [1.54, 1.807) is 60.7 Å². The van der Waals surface area contributed by atoms with E-state index >= 15 is 0 Å². The average Bonchev–Trinajstić information content (AvgIpc) is 3.22. The highest BCUT2D eigenvalue weighted by atomic mass is 35.5. The molecule has 5 nitrogen and oxygen atoms in total. The van der Waals surface area contributed by atoms with Crippen molar-refractivity contribution in [2.75, 3.05) is 4.90 Å². The Morgan fingerprint density at radius 2 is 1.53 bits per heavy atom. The monoisotopic (exact) mass is 417 g/mol.